The number of aryl methyl sites for hydroxylation is 1. The lowest BCUT2D eigenvalue weighted by atomic mass is 10.2. The fourth-order valence-electron chi connectivity index (χ4n) is 2.04. The predicted molar refractivity (Wildman–Crippen MR) is 66.7 cm³/mol. The van der Waals surface area contributed by atoms with Gasteiger partial charge in [-0.05, 0) is 29.0 Å². The van der Waals surface area contributed by atoms with Gasteiger partial charge in [-0.2, -0.15) is 4.52 Å². The van der Waals surface area contributed by atoms with Crippen LogP contribution in [0.1, 0.15) is 18.7 Å². The van der Waals surface area contributed by atoms with Gasteiger partial charge in [-0.3, -0.25) is 4.79 Å². The summed E-state index contributed by atoms with van der Waals surface area (Å²) in [6.45, 7) is 0. The largest absolute Gasteiger partial charge is 0.481 e. The van der Waals surface area contributed by atoms with Crippen LogP contribution < -0.4 is 0 Å². The summed E-state index contributed by atoms with van der Waals surface area (Å²) in [5, 5.41) is 21.1. The highest BCUT2D eigenvalue weighted by Gasteiger charge is 2.11. The molecular weight excluding hydrogens is 246 g/mol. The van der Waals surface area contributed by atoms with Crippen LogP contribution in [0.4, 0.5) is 0 Å². The molecule has 1 N–H and O–H groups in total. The Hall–Kier alpha value is -2.57. The van der Waals surface area contributed by atoms with Crippen LogP contribution >= 0.6 is 0 Å². The summed E-state index contributed by atoms with van der Waals surface area (Å²) in [6, 6.07) is 7.61. The Balaban J connectivity index is 2.06. The van der Waals surface area contributed by atoms with E-state index in [1.54, 1.807) is 4.52 Å². The van der Waals surface area contributed by atoms with E-state index in [-0.39, 0.29) is 6.42 Å². The summed E-state index contributed by atoms with van der Waals surface area (Å²) in [5.74, 6) is -0.131. The third-order valence-corrected chi connectivity index (χ3v) is 2.90. The Kier molecular flexibility index (Phi) is 2.79. The number of carboxylic acid groups (broad SMARTS) is 1. The SMILES string of the molecule is O=C(O)CCCc1nc2ccccc2c2nnnn12. The van der Waals surface area contributed by atoms with Gasteiger partial charge in [0.2, 0.25) is 0 Å². The van der Waals surface area contributed by atoms with E-state index in [1.807, 2.05) is 24.3 Å². The van der Waals surface area contributed by atoms with Gasteiger partial charge in [-0.15, -0.1) is 5.10 Å². The number of benzene rings is 1. The number of rotatable bonds is 4. The quantitative estimate of drug-likeness (QED) is 0.751. The van der Waals surface area contributed by atoms with Gasteiger partial charge in [-0.25, -0.2) is 4.98 Å². The number of tetrazole rings is 1. The molecule has 2 aromatic heterocycles. The van der Waals surface area contributed by atoms with Crippen LogP contribution in [0.3, 0.4) is 0 Å². The first-order valence-electron chi connectivity index (χ1n) is 5.93. The second-order valence-corrected chi connectivity index (χ2v) is 4.21. The van der Waals surface area contributed by atoms with E-state index in [2.05, 4.69) is 20.5 Å². The first-order chi connectivity index (χ1) is 9.25. The molecule has 0 unspecified atom stereocenters. The Morgan fingerprint density at radius 2 is 2.16 bits per heavy atom. The molecule has 3 rings (SSSR count). The summed E-state index contributed by atoms with van der Waals surface area (Å²) >= 11 is 0. The molecule has 19 heavy (non-hydrogen) atoms. The molecule has 3 aromatic rings. The molecule has 0 bridgehead atoms. The maximum Gasteiger partial charge on any atom is 0.303 e. The van der Waals surface area contributed by atoms with Gasteiger partial charge in [0.1, 0.15) is 5.82 Å². The predicted octanol–water partition coefficient (Wildman–Crippen LogP) is 1.08. The normalized spacial score (nSPS) is 11.2. The van der Waals surface area contributed by atoms with Gasteiger partial charge >= 0.3 is 5.97 Å². The van der Waals surface area contributed by atoms with Gasteiger partial charge in [0.05, 0.1) is 5.52 Å². The molecule has 0 aliphatic rings. The van der Waals surface area contributed by atoms with Gasteiger partial charge in [0, 0.05) is 18.2 Å². The van der Waals surface area contributed by atoms with E-state index in [4.69, 9.17) is 5.11 Å². The number of aromatic nitrogens is 5. The molecular formula is C12H11N5O2. The lowest BCUT2D eigenvalue weighted by Crippen LogP contribution is -2.05. The second kappa shape index (κ2) is 4.60. The number of nitrogens with zero attached hydrogens (tertiary/aromatic N) is 5. The third kappa shape index (κ3) is 2.10. The first kappa shape index (κ1) is 11.5. The number of carboxylic acids is 1. The van der Waals surface area contributed by atoms with E-state index in [9.17, 15) is 4.79 Å². The highest BCUT2D eigenvalue weighted by molar-refractivity contribution is 5.90. The number of hydrogen-bond acceptors (Lipinski definition) is 5. The number of para-hydroxylation sites is 1. The van der Waals surface area contributed by atoms with Crippen LogP contribution in [-0.2, 0) is 11.2 Å². The highest BCUT2D eigenvalue weighted by atomic mass is 16.4. The number of carbonyl (C=O) groups is 1. The van der Waals surface area contributed by atoms with E-state index in [1.165, 1.54) is 0 Å². The number of aliphatic carboxylic acids is 1. The third-order valence-electron chi connectivity index (χ3n) is 2.90. The molecule has 0 radical (unpaired) electrons. The smallest absolute Gasteiger partial charge is 0.303 e. The van der Waals surface area contributed by atoms with Crippen LogP contribution in [0.5, 0.6) is 0 Å². The van der Waals surface area contributed by atoms with Crippen molar-refractivity contribution in [2.24, 2.45) is 0 Å². The van der Waals surface area contributed by atoms with E-state index in [0.717, 1.165) is 10.9 Å². The molecule has 7 nitrogen and oxygen atoms in total. The number of fused-ring (bicyclic) bond motifs is 3. The molecule has 0 saturated carbocycles. The lowest BCUT2D eigenvalue weighted by molar-refractivity contribution is -0.137. The van der Waals surface area contributed by atoms with Crippen molar-refractivity contribution in [2.75, 3.05) is 0 Å². The summed E-state index contributed by atoms with van der Waals surface area (Å²) in [6.07, 6.45) is 1.15. The minimum atomic E-state index is -0.811. The van der Waals surface area contributed by atoms with Gasteiger partial charge in [-0.1, -0.05) is 12.1 Å². The van der Waals surface area contributed by atoms with Crippen molar-refractivity contribution in [2.45, 2.75) is 19.3 Å². The second-order valence-electron chi connectivity index (χ2n) is 4.21. The summed E-state index contributed by atoms with van der Waals surface area (Å²) in [5.41, 5.74) is 1.46. The molecule has 0 fully saturated rings. The molecule has 96 valence electrons. The van der Waals surface area contributed by atoms with E-state index >= 15 is 0 Å². The average Bonchev–Trinajstić information content (AvgIpc) is 2.88. The molecule has 1 aromatic carbocycles. The molecule has 7 heteroatoms. The van der Waals surface area contributed by atoms with E-state index < -0.39 is 5.97 Å². The van der Waals surface area contributed by atoms with Crippen molar-refractivity contribution in [3.05, 3.63) is 30.1 Å². The molecule has 0 aliphatic heterocycles. The maximum absolute atomic E-state index is 10.5. The fourth-order valence-corrected chi connectivity index (χ4v) is 2.04. The van der Waals surface area contributed by atoms with Crippen molar-refractivity contribution in [3.8, 4) is 0 Å². The van der Waals surface area contributed by atoms with Crippen molar-refractivity contribution in [1.29, 1.82) is 0 Å². The van der Waals surface area contributed by atoms with Crippen LogP contribution in [0.25, 0.3) is 16.6 Å². The van der Waals surface area contributed by atoms with Crippen molar-refractivity contribution < 1.29 is 9.90 Å². The Bertz CT molecular complexity index is 752. The standard InChI is InChI=1S/C12H11N5O2/c18-11(19)7-3-6-10-13-9-5-2-1-4-8(9)12-14-15-16-17(10)12/h1-2,4-5H,3,6-7H2,(H,18,19). The molecule has 2 heterocycles. The van der Waals surface area contributed by atoms with Crippen molar-refractivity contribution >= 4 is 22.5 Å². The summed E-state index contributed by atoms with van der Waals surface area (Å²) in [4.78, 5) is 15.0. The first-order valence-corrected chi connectivity index (χ1v) is 5.93. The van der Waals surface area contributed by atoms with Crippen molar-refractivity contribution in [3.63, 3.8) is 0 Å². The summed E-state index contributed by atoms with van der Waals surface area (Å²) in [7, 11) is 0. The number of hydrogen-bond donors (Lipinski definition) is 1. The van der Waals surface area contributed by atoms with Crippen LogP contribution in [0.15, 0.2) is 24.3 Å². The van der Waals surface area contributed by atoms with Gasteiger partial charge in [0.25, 0.3) is 0 Å². The highest BCUT2D eigenvalue weighted by Crippen LogP contribution is 2.17. The van der Waals surface area contributed by atoms with Gasteiger partial charge in [0.15, 0.2) is 5.65 Å². The zero-order valence-corrected chi connectivity index (χ0v) is 10.0. The molecule has 0 aliphatic carbocycles. The summed E-state index contributed by atoms with van der Waals surface area (Å²) < 4.78 is 1.57. The minimum Gasteiger partial charge on any atom is -0.481 e. The topological polar surface area (TPSA) is 93.3 Å². The molecule has 0 spiro atoms. The zero-order chi connectivity index (χ0) is 13.2. The minimum absolute atomic E-state index is 0.109. The Morgan fingerprint density at radius 3 is 3.00 bits per heavy atom. The maximum atomic E-state index is 10.5. The van der Waals surface area contributed by atoms with E-state index in [0.29, 0.717) is 24.3 Å². The zero-order valence-electron chi connectivity index (χ0n) is 10.0. The Labute approximate surface area is 107 Å². The van der Waals surface area contributed by atoms with Crippen LogP contribution in [0.2, 0.25) is 0 Å². The van der Waals surface area contributed by atoms with Crippen LogP contribution in [0, 0.1) is 0 Å². The molecule has 0 amide bonds. The molecule has 0 saturated heterocycles. The molecule has 0 atom stereocenters. The lowest BCUT2D eigenvalue weighted by Gasteiger charge is -2.04. The van der Waals surface area contributed by atoms with Crippen LogP contribution in [-0.4, -0.2) is 36.1 Å². The Morgan fingerprint density at radius 1 is 1.32 bits per heavy atom. The monoisotopic (exact) mass is 257 g/mol. The van der Waals surface area contributed by atoms with Crippen molar-refractivity contribution in [1.82, 2.24) is 25.0 Å². The van der Waals surface area contributed by atoms with Gasteiger partial charge < -0.3 is 5.11 Å². The fraction of sp³-hybridized carbons (Fsp3) is 0.250. The average molecular weight is 257 g/mol.